The molecule has 1 aliphatic rings. The molecule has 1 fully saturated rings. The molecule has 2 rings (SSSR count). The van der Waals surface area contributed by atoms with Gasteiger partial charge in [-0.1, -0.05) is 13.0 Å². The molecule has 0 spiro atoms. The summed E-state index contributed by atoms with van der Waals surface area (Å²) >= 11 is 0. The second-order valence-electron chi connectivity index (χ2n) is 5.33. The van der Waals surface area contributed by atoms with Crippen LogP contribution in [-0.4, -0.2) is 22.9 Å². The van der Waals surface area contributed by atoms with Crippen molar-refractivity contribution in [2.45, 2.75) is 32.7 Å². The smallest absolute Gasteiger partial charge is 0.292 e. The predicted molar refractivity (Wildman–Crippen MR) is 75.8 cm³/mol. The van der Waals surface area contributed by atoms with E-state index >= 15 is 0 Å². The zero-order valence-corrected chi connectivity index (χ0v) is 11.3. The van der Waals surface area contributed by atoms with Gasteiger partial charge in [0.2, 0.25) is 0 Å². The molecule has 0 aliphatic heterocycles. The zero-order chi connectivity index (χ0) is 13.8. The van der Waals surface area contributed by atoms with Gasteiger partial charge in [0, 0.05) is 19.2 Å². The Labute approximate surface area is 113 Å². The summed E-state index contributed by atoms with van der Waals surface area (Å²) < 4.78 is 0. The van der Waals surface area contributed by atoms with Gasteiger partial charge in [-0.25, -0.2) is 0 Å². The van der Waals surface area contributed by atoms with E-state index in [1.54, 1.807) is 12.1 Å². The minimum absolute atomic E-state index is 0.0142. The summed E-state index contributed by atoms with van der Waals surface area (Å²) in [6.07, 6.45) is 3.74. The molecule has 5 nitrogen and oxygen atoms in total. The Morgan fingerprint density at radius 2 is 2.21 bits per heavy atom. The molecule has 104 valence electrons. The highest BCUT2D eigenvalue weighted by Crippen LogP contribution is 2.30. The van der Waals surface area contributed by atoms with Gasteiger partial charge < -0.3 is 5.73 Å². The minimum Gasteiger partial charge on any atom is -0.393 e. The minimum atomic E-state index is -0.413. The Kier molecular flexibility index (Phi) is 4.37. The van der Waals surface area contributed by atoms with Crippen LogP contribution in [-0.2, 0) is 6.54 Å². The molecule has 5 heteroatoms. The van der Waals surface area contributed by atoms with Crippen LogP contribution in [0.25, 0.3) is 0 Å². The molecular weight excluding hydrogens is 242 g/mol. The second kappa shape index (κ2) is 6.02. The van der Waals surface area contributed by atoms with E-state index in [2.05, 4.69) is 11.8 Å². The lowest BCUT2D eigenvalue weighted by Crippen LogP contribution is -2.26. The van der Waals surface area contributed by atoms with E-state index in [0.29, 0.717) is 0 Å². The summed E-state index contributed by atoms with van der Waals surface area (Å²) in [7, 11) is 0. The quantitative estimate of drug-likeness (QED) is 0.466. The van der Waals surface area contributed by atoms with Crippen molar-refractivity contribution in [2.75, 3.05) is 18.8 Å². The number of anilines is 1. The third kappa shape index (κ3) is 3.92. The van der Waals surface area contributed by atoms with E-state index in [-0.39, 0.29) is 11.4 Å². The highest BCUT2D eigenvalue weighted by atomic mass is 16.6. The maximum atomic E-state index is 10.9. The highest BCUT2D eigenvalue weighted by Gasteiger charge is 2.24. The fraction of sp³-hybridized carbons (Fsp3) is 0.571. The molecule has 1 aliphatic carbocycles. The van der Waals surface area contributed by atoms with Crippen molar-refractivity contribution in [3.8, 4) is 0 Å². The molecule has 0 bridgehead atoms. The van der Waals surface area contributed by atoms with Crippen molar-refractivity contribution in [2.24, 2.45) is 5.92 Å². The fourth-order valence-electron chi connectivity index (χ4n) is 2.32. The number of benzene rings is 1. The van der Waals surface area contributed by atoms with E-state index in [1.807, 2.05) is 6.07 Å². The van der Waals surface area contributed by atoms with Crippen LogP contribution in [0, 0.1) is 16.0 Å². The maximum absolute atomic E-state index is 10.9. The number of hydrogen-bond donors (Lipinski definition) is 1. The zero-order valence-electron chi connectivity index (χ0n) is 11.3. The Balaban J connectivity index is 2.06. The number of nitro groups is 1. The van der Waals surface area contributed by atoms with Gasteiger partial charge in [-0.2, -0.15) is 0 Å². The van der Waals surface area contributed by atoms with Crippen LogP contribution in [0.5, 0.6) is 0 Å². The Morgan fingerprint density at radius 1 is 1.47 bits per heavy atom. The van der Waals surface area contributed by atoms with Crippen LogP contribution < -0.4 is 5.73 Å². The summed E-state index contributed by atoms with van der Waals surface area (Å²) in [4.78, 5) is 12.9. The molecule has 0 amide bonds. The number of hydrogen-bond acceptors (Lipinski definition) is 4. The standard InChI is InChI=1S/C14H21N3O2/c1-2-7-16(9-11-3-4-11)10-12-5-6-13(15)14(8-12)17(18)19/h5-6,8,11H,2-4,7,9-10,15H2,1H3. The van der Waals surface area contributed by atoms with Gasteiger partial charge in [0.15, 0.2) is 0 Å². The van der Waals surface area contributed by atoms with E-state index in [4.69, 9.17) is 5.73 Å². The largest absolute Gasteiger partial charge is 0.393 e. The van der Waals surface area contributed by atoms with E-state index in [1.165, 1.54) is 12.8 Å². The lowest BCUT2D eigenvalue weighted by Gasteiger charge is -2.21. The monoisotopic (exact) mass is 263 g/mol. The van der Waals surface area contributed by atoms with Crippen LogP contribution >= 0.6 is 0 Å². The van der Waals surface area contributed by atoms with E-state index < -0.39 is 4.92 Å². The Hall–Kier alpha value is -1.62. The van der Waals surface area contributed by atoms with E-state index in [9.17, 15) is 10.1 Å². The number of nitrogen functional groups attached to an aromatic ring is 1. The van der Waals surface area contributed by atoms with Crippen molar-refractivity contribution < 1.29 is 4.92 Å². The van der Waals surface area contributed by atoms with Gasteiger partial charge in [0.25, 0.3) is 5.69 Å². The molecule has 0 aromatic heterocycles. The molecule has 0 atom stereocenters. The van der Waals surface area contributed by atoms with E-state index in [0.717, 1.165) is 37.5 Å². The van der Waals surface area contributed by atoms with Gasteiger partial charge in [-0.05, 0) is 43.4 Å². The number of rotatable bonds is 7. The SMILES string of the molecule is CCCN(Cc1ccc(N)c([N+](=O)[O-])c1)CC1CC1. The Morgan fingerprint density at radius 3 is 2.79 bits per heavy atom. The third-order valence-electron chi connectivity index (χ3n) is 3.45. The molecule has 1 saturated carbocycles. The summed E-state index contributed by atoms with van der Waals surface area (Å²) in [6, 6.07) is 5.12. The van der Waals surface area contributed by atoms with Crippen LogP contribution in [0.4, 0.5) is 11.4 Å². The molecule has 1 aromatic carbocycles. The van der Waals surface area contributed by atoms with Crippen molar-refractivity contribution in [3.05, 3.63) is 33.9 Å². The average Bonchev–Trinajstić information content (AvgIpc) is 3.15. The van der Waals surface area contributed by atoms with Gasteiger partial charge >= 0.3 is 0 Å². The van der Waals surface area contributed by atoms with Crippen molar-refractivity contribution in [1.82, 2.24) is 4.90 Å². The number of nitrogens with two attached hydrogens (primary N) is 1. The van der Waals surface area contributed by atoms with Gasteiger partial charge in [-0.3, -0.25) is 15.0 Å². The van der Waals surface area contributed by atoms with Gasteiger partial charge in [0.1, 0.15) is 5.69 Å². The number of nitro benzene ring substituents is 1. The first-order valence-electron chi connectivity index (χ1n) is 6.85. The highest BCUT2D eigenvalue weighted by molar-refractivity contribution is 5.59. The molecule has 19 heavy (non-hydrogen) atoms. The second-order valence-corrected chi connectivity index (χ2v) is 5.33. The topological polar surface area (TPSA) is 72.4 Å². The summed E-state index contributed by atoms with van der Waals surface area (Å²) in [5.74, 6) is 0.829. The average molecular weight is 263 g/mol. The van der Waals surface area contributed by atoms with Crippen molar-refractivity contribution >= 4 is 11.4 Å². The first kappa shape index (κ1) is 13.8. The maximum Gasteiger partial charge on any atom is 0.292 e. The third-order valence-corrected chi connectivity index (χ3v) is 3.45. The molecule has 0 unspecified atom stereocenters. The first-order valence-corrected chi connectivity index (χ1v) is 6.85. The molecule has 0 radical (unpaired) electrons. The lowest BCUT2D eigenvalue weighted by molar-refractivity contribution is -0.384. The van der Waals surface area contributed by atoms with Crippen LogP contribution in [0.2, 0.25) is 0 Å². The fourth-order valence-corrected chi connectivity index (χ4v) is 2.32. The van der Waals surface area contributed by atoms with Gasteiger partial charge in [0.05, 0.1) is 4.92 Å². The van der Waals surface area contributed by atoms with Crippen molar-refractivity contribution in [3.63, 3.8) is 0 Å². The normalized spacial score (nSPS) is 14.8. The molecule has 1 aromatic rings. The molecule has 2 N–H and O–H groups in total. The molecular formula is C14H21N3O2. The summed E-state index contributed by atoms with van der Waals surface area (Å²) in [5, 5.41) is 10.9. The van der Waals surface area contributed by atoms with Crippen molar-refractivity contribution in [1.29, 1.82) is 0 Å². The predicted octanol–water partition coefficient (Wildman–Crippen LogP) is 2.80. The summed E-state index contributed by atoms with van der Waals surface area (Å²) in [5.41, 5.74) is 6.83. The van der Waals surface area contributed by atoms with Gasteiger partial charge in [-0.15, -0.1) is 0 Å². The number of nitrogens with zero attached hydrogens (tertiary/aromatic N) is 2. The van der Waals surface area contributed by atoms with Crippen LogP contribution in [0.15, 0.2) is 18.2 Å². The first-order chi connectivity index (χ1) is 9.10. The Bertz CT molecular complexity index is 458. The molecule has 0 saturated heterocycles. The molecule has 0 heterocycles. The lowest BCUT2D eigenvalue weighted by atomic mass is 10.1. The van der Waals surface area contributed by atoms with Crippen LogP contribution in [0.3, 0.4) is 0 Å². The van der Waals surface area contributed by atoms with Crippen LogP contribution in [0.1, 0.15) is 31.7 Å². The summed E-state index contributed by atoms with van der Waals surface area (Å²) in [6.45, 7) is 5.07.